The number of hydrogen-bond acceptors (Lipinski definition) is 3. The van der Waals surface area contributed by atoms with Crippen LogP contribution in [0, 0.1) is 5.92 Å². The number of ketones is 1. The maximum atomic E-state index is 11.3. The summed E-state index contributed by atoms with van der Waals surface area (Å²) in [6.45, 7) is 3.83. The van der Waals surface area contributed by atoms with Crippen molar-refractivity contribution in [1.29, 1.82) is 0 Å². The second kappa shape index (κ2) is 4.16. The minimum absolute atomic E-state index is 0.119. The van der Waals surface area contributed by atoms with Crippen molar-refractivity contribution in [1.82, 2.24) is 14.8 Å². The van der Waals surface area contributed by atoms with E-state index in [4.69, 9.17) is 0 Å². The topological polar surface area (TPSA) is 47.8 Å². The van der Waals surface area contributed by atoms with Gasteiger partial charge in [-0.15, -0.1) is 0 Å². The first-order chi connectivity index (χ1) is 6.11. The van der Waals surface area contributed by atoms with Gasteiger partial charge >= 0.3 is 0 Å². The van der Waals surface area contributed by atoms with Crippen molar-refractivity contribution in [2.45, 2.75) is 26.7 Å². The number of hydrogen-bond donors (Lipinski definition) is 0. The summed E-state index contributed by atoms with van der Waals surface area (Å²) in [6, 6.07) is 0. The van der Waals surface area contributed by atoms with E-state index in [2.05, 4.69) is 10.1 Å². The first-order valence-corrected chi connectivity index (χ1v) is 4.47. The van der Waals surface area contributed by atoms with Crippen molar-refractivity contribution in [2.24, 2.45) is 13.0 Å². The van der Waals surface area contributed by atoms with Crippen LogP contribution < -0.4 is 0 Å². The second-order valence-electron chi connectivity index (χ2n) is 3.42. The fraction of sp³-hybridized carbons (Fsp3) is 0.667. The molecule has 0 saturated heterocycles. The van der Waals surface area contributed by atoms with Crippen LogP contribution in [-0.4, -0.2) is 20.5 Å². The molecule has 0 aromatic carbocycles. The van der Waals surface area contributed by atoms with Crippen LogP contribution in [0.5, 0.6) is 0 Å². The average Bonchev–Trinajstić information content (AvgIpc) is 2.47. The lowest BCUT2D eigenvalue weighted by atomic mass is 10.0. The van der Waals surface area contributed by atoms with Gasteiger partial charge in [-0.3, -0.25) is 9.48 Å². The molecule has 1 heterocycles. The molecule has 0 radical (unpaired) electrons. The van der Waals surface area contributed by atoms with Crippen LogP contribution in [0.25, 0.3) is 0 Å². The summed E-state index contributed by atoms with van der Waals surface area (Å²) in [5, 5.41) is 3.93. The Labute approximate surface area is 78.0 Å². The number of rotatable bonds is 4. The standard InChI is InChI=1S/C9H15N3O/c1-7(2)8(13)4-5-9-10-6-11-12(9)3/h6-7H,4-5H2,1-3H3. The molecule has 4 heteroatoms. The fourth-order valence-electron chi connectivity index (χ4n) is 1.07. The van der Waals surface area contributed by atoms with Crippen LogP contribution in [0.15, 0.2) is 6.33 Å². The van der Waals surface area contributed by atoms with E-state index in [1.54, 1.807) is 4.68 Å². The minimum atomic E-state index is 0.119. The van der Waals surface area contributed by atoms with Crippen molar-refractivity contribution in [3.8, 4) is 0 Å². The molecule has 0 bridgehead atoms. The van der Waals surface area contributed by atoms with E-state index in [1.807, 2.05) is 20.9 Å². The Morgan fingerprint density at radius 1 is 1.62 bits per heavy atom. The quantitative estimate of drug-likeness (QED) is 0.695. The molecule has 0 aliphatic carbocycles. The molecule has 0 N–H and O–H groups in total. The third-order valence-corrected chi connectivity index (χ3v) is 2.04. The maximum absolute atomic E-state index is 11.3. The zero-order valence-corrected chi connectivity index (χ0v) is 8.32. The Bertz CT molecular complexity index is 291. The Kier molecular flexibility index (Phi) is 3.17. The third-order valence-electron chi connectivity index (χ3n) is 2.04. The molecule has 72 valence electrons. The van der Waals surface area contributed by atoms with Gasteiger partial charge in [0, 0.05) is 25.8 Å². The predicted molar refractivity (Wildman–Crippen MR) is 49.2 cm³/mol. The van der Waals surface area contributed by atoms with Gasteiger partial charge in [0.15, 0.2) is 0 Å². The Morgan fingerprint density at radius 3 is 2.77 bits per heavy atom. The SMILES string of the molecule is CC(C)C(=O)CCc1ncnn1C. The van der Waals surface area contributed by atoms with Gasteiger partial charge in [-0.2, -0.15) is 5.10 Å². The highest BCUT2D eigenvalue weighted by atomic mass is 16.1. The van der Waals surface area contributed by atoms with E-state index in [1.165, 1.54) is 6.33 Å². The van der Waals surface area contributed by atoms with Gasteiger partial charge in [-0.25, -0.2) is 4.98 Å². The average molecular weight is 181 g/mol. The van der Waals surface area contributed by atoms with Gasteiger partial charge in [0.25, 0.3) is 0 Å². The van der Waals surface area contributed by atoms with Crippen LogP contribution in [0.1, 0.15) is 26.1 Å². The molecule has 0 amide bonds. The zero-order chi connectivity index (χ0) is 9.84. The van der Waals surface area contributed by atoms with E-state index in [9.17, 15) is 4.79 Å². The first-order valence-electron chi connectivity index (χ1n) is 4.47. The van der Waals surface area contributed by atoms with Gasteiger partial charge in [0.2, 0.25) is 0 Å². The second-order valence-corrected chi connectivity index (χ2v) is 3.42. The smallest absolute Gasteiger partial charge is 0.138 e. The van der Waals surface area contributed by atoms with E-state index in [-0.39, 0.29) is 11.7 Å². The van der Waals surface area contributed by atoms with Crippen molar-refractivity contribution >= 4 is 5.78 Å². The molecule has 0 spiro atoms. The molecule has 1 aromatic heterocycles. The molecule has 1 rings (SSSR count). The largest absolute Gasteiger partial charge is 0.299 e. The number of nitrogens with zero attached hydrogens (tertiary/aromatic N) is 3. The molecule has 0 unspecified atom stereocenters. The highest BCUT2D eigenvalue weighted by Crippen LogP contribution is 2.03. The maximum Gasteiger partial charge on any atom is 0.138 e. The number of Topliss-reactive ketones (excluding diaryl/α,β-unsaturated/α-hetero) is 1. The van der Waals surface area contributed by atoms with Crippen LogP contribution in [-0.2, 0) is 18.3 Å². The molecule has 0 fully saturated rings. The molecular formula is C9H15N3O. The number of carbonyl (C=O) groups is 1. The van der Waals surface area contributed by atoms with Gasteiger partial charge in [-0.05, 0) is 0 Å². The molecule has 0 atom stereocenters. The van der Waals surface area contributed by atoms with Crippen molar-refractivity contribution in [3.63, 3.8) is 0 Å². The molecule has 13 heavy (non-hydrogen) atoms. The Hall–Kier alpha value is -1.19. The summed E-state index contributed by atoms with van der Waals surface area (Å²) in [5.74, 6) is 1.27. The molecular weight excluding hydrogens is 166 g/mol. The number of aryl methyl sites for hydroxylation is 2. The molecule has 0 aliphatic rings. The van der Waals surface area contributed by atoms with Gasteiger partial charge < -0.3 is 0 Å². The summed E-state index contributed by atoms with van der Waals surface area (Å²) in [5.41, 5.74) is 0. The normalized spacial score (nSPS) is 10.8. The van der Waals surface area contributed by atoms with Crippen molar-refractivity contribution < 1.29 is 4.79 Å². The van der Waals surface area contributed by atoms with Crippen LogP contribution in [0.2, 0.25) is 0 Å². The highest BCUT2D eigenvalue weighted by molar-refractivity contribution is 5.80. The minimum Gasteiger partial charge on any atom is -0.299 e. The Morgan fingerprint density at radius 2 is 2.31 bits per heavy atom. The van der Waals surface area contributed by atoms with E-state index >= 15 is 0 Å². The zero-order valence-electron chi connectivity index (χ0n) is 8.32. The lowest BCUT2D eigenvalue weighted by molar-refractivity contribution is -0.121. The Balaban J connectivity index is 2.44. The molecule has 0 aliphatic heterocycles. The van der Waals surface area contributed by atoms with E-state index in [0.29, 0.717) is 12.8 Å². The lowest BCUT2D eigenvalue weighted by Gasteiger charge is -2.02. The third kappa shape index (κ3) is 2.65. The van der Waals surface area contributed by atoms with Crippen molar-refractivity contribution in [3.05, 3.63) is 12.2 Å². The summed E-state index contributed by atoms with van der Waals surface area (Å²) in [4.78, 5) is 15.3. The van der Waals surface area contributed by atoms with Gasteiger partial charge in [0.05, 0.1) is 0 Å². The van der Waals surface area contributed by atoms with Crippen molar-refractivity contribution in [2.75, 3.05) is 0 Å². The molecule has 1 aromatic rings. The molecule has 0 saturated carbocycles. The van der Waals surface area contributed by atoms with Crippen LogP contribution in [0.4, 0.5) is 0 Å². The van der Waals surface area contributed by atoms with E-state index < -0.39 is 0 Å². The summed E-state index contributed by atoms with van der Waals surface area (Å²) < 4.78 is 1.70. The van der Waals surface area contributed by atoms with Crippen LogP contribution in [0.3, 0.4) is 0 Å². The fourth-order valence-corrected chi connectivity index (χ4v) is 1.07. The summed E-state index contributed by atoms with van der Waals surface area (Å²) in [7, 11) is 1.84. The number of carbonyl (C=O) groups excluding carboxylic acids is 1. The first kappa shape index (κ1) is 9.89. The van der Waals surface area contributed by atoms with Crippen LogP contribution >= 0.6 is 0 Å². The highest BCUT2D eigenvalue weighted by Gasteiger charge is 2.08. The summed E-state index contributed by atoms with van der Waals surface area (Å²) in [6.07, 6.45) is 2.76. The molecule has 4 nitrogen and oxygen atoms in total. The lowest BCUT2D eigenvalue weighted by Crippen LogP contribution is -2.10. The monoisotopic (exact) mass is 181 g/mol. The summed E-state index contributed by atoms with van der Waals surface area (Å²) >= 11 is 0. The number of aromatic nitrogens is 3. The predicted octanol–water partition coefficient (Wildman–Crippen LogP) is 0.973. The van der Waals surface area contributed by atoms with Gasteiger partial charge in [0.1, 0.15) is 17.9 Å². The van der Waals surface area contributed by atoms with E-state index in [0.717, 1.165) is 5.82 Å². The van der Waals surface area contributed by atoms with Gasteiger partial charge in [-0.1, -0.05) is 13.8 Å².